The molecule has 3 unspecified atom stereocenters. The Morgan fingerprint density at radius 2 is 0.811 bits per heavy atom. The van der Waals surface area contributed by atoms with Crippen LogP contribution in [-0.4, -0.2) is 46.1 Å². The molecule has 0 saturated carbocycles. The summed E-state index contributed by atoms with van der Waals surface area (Å²) in [5, 5.41) is 33.6. The van der Waals surface area contributed by atoms with Gasteiger partial charge in [-0.25, -0.2) is 0 Å². The van der Waals surface area contributed by atoms with E-state index in [-0.39, 0.29) is 12.5 Å². The van der Waals surface area contributed by atoms with Gasteiger partial charge in [0, 0.05) is 6.42 Å². The molecule has 0 spiro atoms. The number of rotatable bonds is 43. The number of aliphatic hydroxyl groups excluding tert-OH is 3. The van der Waals surface area contributed by atoms with E-state index in [1.165, 1.54) is 180 Å². The fraction of sp³-hybridized carbons (Fsp3) is 0.896. The zero-order chi connectivity index (χ0) is 38.7. The van der Waals surface area contributed by atoms with Crippen molar-refractivity contribution in [2.24, 2.45) is 0 Å². The van der Waals surface area contributed by atoms with Gasteiger partial charge in [0.2, 0.25) is 5.91 Å². The molecule has 0 fully saturated rings. The summed E-state index contributed by atoms with van der Waals surface area (Å²) in [6.07, 6.45) is 52.9. The molecule has 1 amide bonds. The summed E-state index contributed by atoms with van der Waals surface area (Å²) in [5.74, 6) is -0.150. The van der Waals surface area contributed by atoms with E-state index in [9.17, 15) is 20.1 Å². The van der Waals surface area contributed by atoms with Crippen molar-refractivity contribution in [3.63, 3.8) is 0 Å². The molecule has 4 N–H and O–H groups in total. The quantitative estimate of drug-likeness (QED) is 0.0369. The van der Waals surface area contributed by atoms with E-state index >= 15 is 0 Å². The highest BCUT2D eigenvalue weighted by Crippen LogP contribution is 2.16. The largest absolute Gasteiger partial charge is 0.394 e. The highest BCUT2D eigenvalue weighted by atomic mass is 16.3. The van der Waals surface area contributed by atoms with Crippen molar-refractivity contribution in [3.8, 4) is 0 Å². The maximum atomic E-state index is 12.4. The van der Waals surface area contributed by atoms with Gasteiger partial charge in [0.05, 0.1) is 18.8 Å². The van der Waals surface area contributed by atoms with Gasteiger partial charge in [-0.15, -0.1) is 0 Å². The van der Waals surface area contributed by atoms with Crippen LogP contribution in [0.15, 0.2) is 24.3 Å². The van der Waals surface area contributed by atoms with Crippen LogP contribution in [0, 0.1) is 0 Å². The number of aliphatic hydroxyl groups is 3. The first kappa shape index (κ1) is 51.8. The Morgan fingerprint density at radius 3 is 1.19 bits per heavy atom. The van der Waals surface area contributed by atoms with Crippen LogP contribution in [0.3, 0.4) is 0 Å². The lowest BCUT2D eigenvalue weighted by Crippen LogP contribution is -2.50. The number of hydrogen-bond donors (Lipinski definition) is 4. The number of unbranched alkanes of at least 4 members (excludes halogenated alkanes) is 31. The van der Waals surface area contributed by atoms with Crippen molar-refractivity contribution in [3.05, 3.63) is 24.3 Å². The Bertz CT molecular complexity index is 784. The van der Waals surface area contributed by atoms with Crippen LogP contribution in [-0.2, 0) is 4.79 Å². The zero-order valence-electron chi connectivity index (χ0n) is 35.7. The number of allylic oxidation sites excluding steroid dienone is 4. The van der Waals surface area contributed by atoms with Crippen LogP contribution >= 0.6 is 0 Å². The van der Waals surface area contributed by atoms with E-state index in [1.807, 2.05) is 0 Å². The third-order valence-electron chi connectivity index (χ3n) is 11.1. The number of nitrogens with one attached hydrogen (secondary N) is 1. The van der Waals surface area contributed by atoms with Crippen LogP contribution < -0.4 is 5.32 Å². The van der Waals surface area contributed by atoms with Gasteiger partial charge in [-0.2, -0.15) is 0 Å². The minimum absolute atomic E-state index is 0.150. The third-order valence-corrected chi connectivity index (χ3v) is 11.1. The van der Waals surface area contributed by atoms with E-state index in [0.717, 1.165) is 44.9 Å². The van der Waals surface area contributed by atoms with Crippen LogP contribution in [0.1, 0.15) is 251 Å². The Labute approximate surface area is 331 Å². The summed E-state index contributed by atoms with van der Waals surface area (Å²) in [6.45, 7) is 4.19. The third kappa shape index (κ3) is 38.9. The second-order valence-corrected chi connectivity index (χ2v) is 16.3. The summed E-state index contributed by atoms with van der Waals surface area (Å²) in [6, 6.07) is -0.812. The van der Waals surface area contributed by atoms with Crippen LogP contribution in [0.5, 0.6) is 0 Å². The predicted molar refractivity (Wildman–Crippen MR) is 231 cm³/mol. The molecule has 0 aromatic carbocycles. The lowest BCUT2D eigenvalue weighted by Gasteiger charge is -2.26. The summed E-state index contributed by atoms with van der Waals surface area (Å²) < 4.78 is 0. The molecule has 0 aliphatic carbocycles. The first-order valence-electron chi connectivity index (χ1n) is 23.6. The lowest BCUT2D eigenvalue weighted by atomic mass is 9.99. The van der Waals surface area contributed by atoms with Crippen molar-refractivity contribution in [2.75, 3.05) is 6.61 Å². The van der Waals surface area contributed by atoms with Crippen LogP contribution in [0.25, 0.3) is 0 Å². The molecule has 0 rings (SSSR count). The average molecular weight is 748 g/mol. The van der Waals surface area contributed by atoms with E-state index in [2.05, 4.69) is 43.5 Å². The van der Waals surface area contributed by atoms with Gasteiger partial charge in [-0.3, -0.25) is 4.79 Å². The summed E-state index contributed by atoms with van der Waals surface area (Å²) in [7, 11) is 0. The van der Waals surface area contributed by atoms with E-state index in [0.29, 0.717) is 12.8 Å². The maximum Gasteiger partial charge on any atom is 0.220 e. The maximum absolute atomic E-state index is 12.4. The second kappa shape index (κ2) is 43.6. The van der Waals surface area contributed by atoms with Gasteiger partial charge >= 0.3 is 0 Å². The van der Waals surface area contributed by atoms with Gasteiger partial charge in [0.1, 0.15) is 6.10 Å². The van der Waals surface area contributed by atoms with Crippen molar-refractivity contribution >= 4 is 5.91 Å². The van der Waals surface area contributed by atoms with Crippen molar-refractivity contribution in [1.82, 2.24) is 5.32 Å². The fourth-order valence-electron chi connectivity index (χ4n) is 7.37. The molecule has 5 heteroatoms. The molecule has 3 atom stereocenters. The normalized spacial score (nSPS) is 13.7. The molecule has 0 radical (unpaired) electrons. The minimum atomic E-state index is -1.14. The first-order valence-corrected chi connectivity index (χ1v) is 23.6. The molecule has 0 aromatic rings. The number of amides is 1. The smallest absolute Gasteiger partial charge is 0.220 e. The number of hydrogen-bond acceptors (Lipinski definition) is 4. The van der Waals surface area contributed by atoms with Crippen molar-refractivity contribution in [2.45, 2.75) is 270 Å². The zero-order valence-corrected chi connectivity index (χ0v) is 35.7. The number of carbonyl (C=O) groups is 1. The molecule has 0 saturated heterocycles. The standard InChI is InChI=1S/C48H93NO4/c1-3-5-7-9-11-13-15-17-19-21-22-23-24-25-26-27-29-31-33-35-37-39-41-43-47(52)49-45(44-50)48(53)46(51)42-40-38-36-34-32-30-28-20-18-16-14-12-10-8-6-4-2/h22-23,25-26,45-46,48,50-51,53H,3-21,24,27-44H2,1-2H3,(H,49,52)/b23-22-,26-25-. The summed E-state index contributed by atoms with van der Waals surface area (Å²) >= 11 is 0. The van der Waals surface area contributed by atoms with E-state index < -0.39 is 18.2 Å². The average Bonchev–Trinajstić information content (AvgIpc) is 3.16. The molecular weight excluding hydrogens is 655 g/mol. The van der Waals surface area contributed by atoms with E-state index in [1.54, 1.807) is 0 Å². The summed E-state index contributed by atoms with van der Waals surface area (Å²) in [5.41, 5.74) is 0. The second-order valence-electron chi connectivity index (χ2n) is 16.3. The van der Waals surface area contributed by atoms with Crippen LogP contribution in [0.2, 0.25) is 0 Å². The monoisotopic (exact) mass is 748 g/mol. The first-order chi connectivity index (χ1) is 26.1. The predicted octanol–water partition coefficient (Wildman–Crippen LogP) is 13.8. The van der Waals surface area contributed by atoms with Gasteiger partial charge in [0.15, 0.2) is 0 Å². The van der Waals surface area contributed by atoms with Gasteiger partial charge in [0.25, 0.3) is 0 Å². The Hall–Kier alpha value is -1.17. The molecule has 0 aromatic heterocycles. The Morgan fingerprint density at radius 1 is 0.472 bits per heavy atom. The molecule has 0 heterocycles. The molecule has 53 heavy (non-hydrogen) atoms. The van der Waals surface area contributed by atoms with Crippen molar-refractivity contribution < 1.29 is 20.1 Å². The lowest BCUT2D eigenvalue weighted by molar-refractivity contribution is -0.124. The topological polar surface area (TPSA) is 89.8 Å². The SMILES string of the molecule is CCCCCCCCCCC/C=C\C/C=C\CCCCCCCCCC(=O)NC(CO)C(O)C(O)CCCCCCCCCCCCCCCCCC. The highest BCUT2D eigenvalue weighted by molar-refractivity contribution is 5.76. The summed E-state index contributed by atoms with van der Waals surface area (Å²) in [4.78, 5) is 12.4. The highest BCUT2D eigenvalue weighted by Gasteiger charge is 2.26. The van der Waals surface area contributed by atoms with Crippen LogP contribution in [0.4, 0.5) is 0 Å². The van der Waals surface area contributed by atoms with Gasteiger partial charge in [-0.1, -0.05) is 224 Å². The number of carbonyl (C=O) groups excluding carboxylic acids is 1. The fourth-order valence-corrected chi connectivity index (χ4v) is 7.37. The minimum Gasteiger partial charge on any atom is -0.394 e. The van der Waals surface area contributed by atoms with Gasteiger partial charge < -0.3 is 20.6 Å². The Balaban J connectivity index is 3.62. The molecule has 5 nitrogen and oxygen atoms in total. The molecule has 314 valence electrons. The van der Waals surface area contributed by atoms with E-state index in [4.69, 9.17) is 0 Å². The molecule has 0 aliphatic heterocycles. The molecular formula is C48H93NO4. The Kier molecular flexibility index (Phi) is 42.6. The molecule has 0 bridgehead atoms. The van der Waals surface area contributed by atoms with Gasteiger partial charge in [-0.05, 0) is 44.9 Å². The van der Waals surface area contributed by atoms with Crippen molar-refractivity contribution in [1.29, 1.82) is 0 Å². The molecule has 0 aliphatic rings.